The molecule has 1 aliphatic heterocycles. The summed E-state index contributed by atoms with van der Waals surface area (Å²) in [7, 11) is 1.59. The van der Waals surface area contributed by atoms with Crippen molar-refractivity contribution in [2.24, 2.45) is 16.6 Å². The van der Waals surface area contributed by atoms with E-state index in [1.54, 1.807) is 19.2 Å². The van der Waals surface area contributed by atoms with Crippen LogP contribution in [-0.2, 0) is 10.3 Å². The average molecular weight is 452 g/mol. The smallest absolute Gasteiger partial charge is 0.387 e. The van der Waals surface area contributed by atoms with Gasteiger partial charge in [0.25, 0.3) is 0 Å². The number of hydrogen-bond acceptors (Lipinski definition) is 4. The van der Waals surface area contributed by atoms with Crippen LogP contribution < -0.4 is 10.5 Å². The Morgan fingerprint density at radius 3 is 2.55 bits per heavy atom. The number of carbonyl (C=O) groups excluding carboxylic acids is 1. The largest absolute Gasteiger partial charge is 0.435 e. The lowest BCUT2D eigenvalue weighted by Crippen LogP contribution is -2.49. The highest BCUT2D eigenvalue weighted by atomic mass is 19.3. The van der Waals surface area contributed by atoms with E-state index in [0.717, 1.165) is 24.0 Å². The zero-order chi connectivity index (χ0) is 23.8. The molecule has 0 spiro atoms. The summed E-state index contributed by atoms with van der Waals surface area (Å²) in [6, 6.07) is 12.7. The van der Waals surface area contributed by atoms with Gasteiger partial charge in [-0.2, -0.15) is 8.78 Å². The number of ether oxygens (including phenoxy) is 1. The van der Waals surface area contributed by atoms with E-state index in [1.165, 1.54) is 4.90 Å². The van der Waals surface area contributed by atoms with Gasteiger partial charge in [-0.15, -0.1) is 0 Å². The van der Waals surface area contributed by atoms with Crippen molar-refractivity contribution in [3.8, 4) is 17.6 Å². The second-order valence-corrected chi connectivity index (χ2v) is 8.87. The molecule has 33 heavy (non-hydrogen) atoms. The maximum absolute atomic E-state index is 13.0. The SMILES string of the molecule is CC(C)C#Cc1cccc([C@@]2(c3ccc(OC(F)F)c(C4CC4)c3)CC(=O)N(C)C(N)=N2)c1. The second kappa shape index (κ2) is 8.86. The zero-order valence-electron chi connectivity index (χ0n) is 18.9. The van der Waals surface area contributed by atoms with E-state index in [0.29, 0.717) is 11.1 Å². The molecule has 1 atom stereocenters. The van der Waals surface area contributed by atoms with Gasteiger partial charge < -0.3 is 10.5 Å². The van der Waals surface area contributed by atoms with Crippen LogP contribution in [0.2, 0.25) is 0 Å². The molecule has 1 heterocycles. The fourth-order valence-corrected chi connectivity index (χ4v) is 4.08. The number of amides is 1. The van der Waals surface area contributed by atoms with Crippen molar-refractivity contribution in [2.75, 3.05) is 7.05 Å². The normalized spacial score (nSPS) is 20.5. The van der Waals surface area contributed by atoms with Gasteiger partial charge in [0.05, 0.1) is 6.42 Å². The molecule has 0 bridgehead atoms. The summed E-state index contributed by atoms with van der Waals surface area (Å²) in [6.45, 7) is 1.13. The van der Waals surface area contributed by atoms with E-state index >= 15 is 0 Å². The third-order valence-electron chi connectivity index (χ3n) is 6.00. The molecule has 4 rings (SSSR count). The fourth-order valence-electron chi connectivity index (χ4n) is 4.08. The number of halogens is 2. The third kappa shape index (κ3) is 4.70. The predicted molar refractivity (Wildman–Crippen MR) is 123 cm³/mol. The van der Waals surface area contributed by atoms with E-state index in [9.17, 15) is 13.6 Å². The molecule has 0 radical (unpaired) electrons. The Balaban J connectivity index is 1.89. The van der Waals surface area contributed by atoms with Crippen molar-refractivity contribution in [3.63, 3.8) is 0 Å². The monoisotopic (exact) mass is 451 g/mol. The summed E-state index contributed by atoms with van der Waals surface area (Å²) in [5, 5.41) is 0. The quantitative estimate of drug-likeness (QED) is 0.676. The van der Waals surface area contributed by atoms with E-state index in [4.69, 9.17) is 15.5 Å². The first-order chi connectivity index (χ1) is 15.7. The first kappa shape index (κ1) is 22.8. The Hall–Kier alpha value is -3.40. The molecule has 7 heteroatoms. The minimum absolute atomic E-state index is 0.0599. The summed E-state index contributed by atoms with van der Waals surface area (Å²) in [5.41, 5.74) is 8.08. The molecule has 2 aromatic carbocycles. The molecule has 0 aromatic heterocycles. The molecule has 2 aromatic rings. The molecule has 5 nitrogen and oxygen atoms in total. The maximum Gasteiger partial charge on any atom is 0.387 e. The molecule has 1 saturated carbocycles. The highest BCUT2D eigenvalue weighted by Gasteiger charge is 2.43. The summed E-state index contributed by atoms with van der Waals surface area (Å²) >= 11 is 0. The molecule has 0 unspecified atom stereocenters. The molecule has 1 amide bonds. The molecule has 172 valence electrons. The number of carbonyl (C=O) groups is 1. The average Bonchev–Trinajstić information content (AvgIpc) is 3.61. The molecular weight excluding hydrogens is 424 g/mol. The fraction of sp³-hybridized carbons (Fsp3) is 0.385. The minimum atomic E-state index is -2.91. The highest BCUT2D eigenvalue weighted by Crippen LogP contribution is 2.48. The van der Waals surface area contributed by atoms with E-state index < -0.39 is 12.2 Å². The number of nitrogens with zero attached hydrogens (tertiary/aromatic N) is 2. The summed E-state index contributed by atoms with van der Waals surface area (Å²) in [6.07, 6.45) is 1.87. The number of hydrogen-bond donors (Lipinski definition) is 1. The van der Waals surface area contributed by atoms with Gasteiger partial charge in [0.15, 0.2) is 5.96 Å². The summed E-state index contributed by atoms with van der Waals surface area (Å²) in [5.74, 6) is 6.78. The lowest BCUT2D eigenvalue weighted by Gasteiger charge is -2.37. The van der Waals surface area contributed by atoms with Crippen molar-refractivity contribution >= 4 is 11.9 Å². The topological polar surface area (TPSA) is 67.9 Å². The molecule has 0 saturated heterocycles. The number of aliphatic imine (C=N–C) groups is 1. The van der Waals surface area contributed by atoms with Crippen LogP contribution in [0.25, 0.3) is 0 Å². The van der Waals surface area contributed by atoms with Gasteiger partial charge in [0.1, 0.15) is 11.3 Å². The summed E-state index contributed by atoms with van der Waals surface area (Å²) in [4.78, 5) is 19.0. The predicted octanol–water partition coefficient (Wildman–Crippen LogP) is 4.59. The van der Waals surface area contributed by atoms with Crippen LogP contribution in [0.15, 0.2) is 47.5 Å². The van der Waals surface area contributed by atoms with Crippen LogP contribution in [0.3, 0.4) is 0 Å². The van der Waals surface area contributed by atoms with Gasteiger partial charge >= 0.3 is 6.61 Å². The minimum Gasteiger partial charge on any atom is -0.435 e. The van der Waals surface area contributed by atoms with E-state index in [-0.39, 0.29) is 35.9 Å². The van der Waals surface area contributed by atoms with Crippen LogP contribution >= 0.6 is 0 Å². The molecule has 2 aliphatic rings. The Kier molecular flexibility index (Phi) is 6.11. The van der Waals surface area contributed by atoms with E-state index in [1.807, 2.05) is 44.2 Å². The first-order valence-electron chi connectivity index (χ1n) is 11.0. The van der Waals surface area contributed by atoms with Crippen LogP contribution in [0.5, 0.6) is 5.75 Å². The van der Waals surface area contributed by atoms with Gasteiger partial charge in [-0.05, 0) is 59.7 Å². The second-order valence-electron chi connectivity index (χ2n) is 8.87. The molecular formula is C26H27F2N3O2. The number of alkyl halides is 2. The van der Waals surface area contributed by atoms with Crippen molar-refractivity contribution in [1.29, 1.82) is 0 Å². The Morgan fingerprint density at radius 1 is 1.18 bits per heavy atom. The van der Waals surface area contributed by atoms with Gasteiger partial charge in [0, 0.05) is 18.5 Å². The van der Waals surface area contributed by atoms with Crippen molar-refractivity contribution in [3.05, 3.63) is 64.7 Å². The molecule has 1 fully saturated rings. The van der Waals surface area contributed by atoms with Crippen molar-refractivity contribution in [1.82, 2.24) is 4.90 Å². The Labute approximate surface area is 192 Å². The van der Waals surface area contributed by atoms with Crippen molar-refractivity contribution < 1.29 is 18.3 Å². The summed E-state index contributed by atoms with van der Waals surface area (Å²) < 4.78 is 30.7. The third-order valence-corrected chi connectivity index (χ3v) is 6.00. The number of nitrogens with two attached hydrogens (primary N) is 1. The molecule has 1 aliphatic carbocycles. The van der Waals surface area contributed by atoms with Gasteiger partial charge in [-0.3, -0.25) is 9.69 Å². The van der Waals surface area contributed by atoms with Crippen LogP contribution in [0.4, 0.5) is 8.78 Å². The van der Waals surface area contributed by atoms with Gasteiger partial charge in [0.2, 0.25) is 5.91 Å². The standard InChI is InChI=1S/C26H27F2N3O2/c1-16(2)7-8-17-5-4-6-19(13-17)26(15-23(32)31(3)25(29)30-26)20-11-12-22(33-24(27)28)21(14-20)18-9-10-18/h4-6,11-14,16,18,24H,9-10,15H2,1-3H3,(H2,29,30)/t26-/m1/s1. The zero-order valence-corrected chi connectivity index (χ0v) is 18.9. The van der Waals surface area contributed by atoms with Gasteiger partial charge in [-0.1, -0.05) is 43.9 Å². The van der Waals surface area contributed by atoms with Crippen molar-refractivity contribution in [2.45, 2.75) is 51.2 Å². The number of benzene rings is 2. The Bertz CT molecular complexity index is 1160. The van der Waals surface area contributed by atoms with Crippen LogP contribution in [0.1, 0.15) is 61.3 Å². The lowest BCUT2D eigenvalue weighted by atomic mass is 9.78. The van der Waals surface area contributed by atoms with E-state index in [2.05, 4.69) is 11.8 Å². The maximum atomic E-state index is 13.0. The van der Waals surface area contributed by atoms with Crippen LogP contribution in [-0.4, -0.2) is 30.4 Å². The number of guanidine groups is 1. The first-order valence-corrected chi connectivity index (χ1v) is 11.0. The highest BCUT2D eigenvalue weighted by molar-refractivity contribution is 5.99. The number of rotatable bonds is 5. The Morgan fingerprint density at radius 2 is 1.91 bits per heavy atom. The van der Waals surface area contributed by atoms with Gasteiger partial charge in [-0.25, -0.2) is 4.99 Å². The van der Waals surface area contributed by atoms with Crippen LogP contribution in [0, 0.1) is 17.8 Å². The lowest BCUT2D eigenvalue weighted by molar-refractivity contribution is -0.128. The molecule has 2 N–H and O–H groups in total.